The van der Waals surface area contributed by atoms with Crippen molar-refractivity contribution >= 4 is 23.3 Å². The molecule has 3 N–H and O–H groups in total. The van der Waals surface area contributed by atoms with E-state index < -0.39 is 12.4 Å². The fourth-order valence-corrected chi connectivity index (χ4v) is 2.41. The Bertz CT molecular complexity index is 784. The molecule has 0 aliphatic rings. The van der Waals surface area contributed by atoms with Crippen LogP contribution in [0.2, 0.25) is 0 Å². The molecule has 2 aromatic carbocycles. The van der Waals surface area contributed by atoms with Crippen LogP contribution in [0.25, 0.3) is 10.9 Å². The molecule has 0 spiro atoms. The fraction of sp³-hybridized carbons (Fsp3) is 0.125. The smallest absolute Gasteiger partial charge is 0.406 e. The van der Waals surface area contributed by atoms with E-state index in [-0.39, 0.29) is 18.2 Å². The Hall–Kier alpha value is -2.18. The summed E-state index contributed by atoms with van der Waals surface area (Å²) in [7, 11) is 0. The molecule has 0 unspecified atom stereocenters. The fourth-order valence-electron chi connectivity index (χ4n) is 2.41. The second kappa shape index (κ2) is 6.52. The first-order chi connectivity index (χ1) is 10.4. The van der Waals surface area contributed by atoms with E-state index in [9.17, 15) is 13.2 Å². The maximum atomic E-state index is 12.1. The van der Waals surface area contributed by atoms with Crippen LogP contribution in [0.3, 0.4) is 0 Å². The minimum absolute atomic E-state index is 0. The summed E-state index contributed by atoms with van der Waals surface area (Å²) in [5.41, 5.74) is 8.78. The van der Waals surface area contributed by atoms with Crippen LogP contribution >= 0.6 is 12.4 Å². The summed E-state index contributed by atoms with van der Waals surface area (Å²) in [5.74, 6) is -0.262. The minimum atomic E-state index is -4.69. The third-order valence-electron chi connectivity index (χ3n) is 3.43. The van der Waals surface area contributed by atoms with Gasteiger partial charge in [-0.2, -0.15) is 0 Å². The van der Waals surface area contributed by atoms with E-state index >= 15 is 0 Å². The predicted molar refractivity (Wildman–Crippen MR) is 84.7 cm³/mol. The van der Waals surface area contributed by atoms with Crippen LogP contribution in [0.4, 0.5) is 13.2 Å². The molecular formula is C16H14ClF3N2O. The van der Waals surface area contributed by atoms with Gasteiger partial charge in [0.05, 0.1) is 6.04 Å². The highest BCUT2D eigenvalue weighted by Gasteiger charge is 2.31. The van der Waals surface area contributed by atoms with Crippen LogP contribution in [0.15, 0.2) is 54.7 Å². The van der Waals surface area contributed by atoms with Crippen molar-refractivity contribution in [1.29, 1.82) is 0 Å². The topological polar surface area (TPSA) is 51.0 Å². The van der Waals surface area contributed by atoms with Gasteiger partial charge in [-0.15, -0.1) is 25.6 Å². The average molecular weight is 343 g/mol. The number of hydrogen-bond donors (Lipinski definition) is 2. The predicted octanol–water partition coefficient (Wildman–Crippen LogP) is 4.54. The number of nitrogens with one attached hydrogen (secondary N) is 1. The van der Waals surface area contributed by atoms with Crippen molar-refractivity contribution in [2.45, 2.75) is 12.4 Å². The minimum Gasteiger partial charge on any atom is -0.406 e. The number of hydrogen-bond acceptors (Lipinski definition) is 2. The maximum absolute atomic E-state index is 12.1. The highest BCUT2D eigenvalue weighted by molar-refractivity contribution is 5.85. The van der Waals surface area contributed by atoms with E-state index in [4.69, 9.17) is 5.73 Å². The summed E-state index contributed by atoms with van der Waals surface area (Å²) in [4.78, 5) is 3.13. The molecule has 0 saturated heterocycles. The number of rotatable bonds is 3. The molecule has 0 aliphatic carbocycles. The lowest BCUT2D eigenvalue weighted by Crippen LogP contribution is -2.17. The number of benzene rings is 2. The number of halogens is 4. The lowest BCUT2D eigenvalue weighted by molar-refractivity contribution is -0.274. The van der Waals surface area contributed by atoms with Crippen LogP contribution in [0.5, 0.6) is 5.75 Å². The van der Waals surface area contributed by atoms with E-state index in [0.717, 1.165) is 16.5 Å². The molecule has 122 valence electrons. The molecule has 23 heavy (non-hydrogen) atoms. The molecule has 3 rings (SSSR count). The second-order valence-corrected chi connectivity index (χ2v) is 4.88. The Morgan fingerprint density at radius 2 is 1.65 bits per heavy atom. The van der Waals surface area contributed by atoms with Gasteiger partial charge in [0.15, 0.2) is 0 Å². The van der Waals surface area contributed by atoms with Crippen LogP contribution in [-0.4, -0.2) is 11.3 Å². The van der Waals surface area contributed by atoms with Crippen molar-refractivity contribution in [1.82, 2.24) is 4.98 Å². The van der Waals surface area contributed by atoms with Crippen LogP contribution < -0.4 is 10.5 Å². The van der Waals surface area contributed by atoms with Gasteiger partial charge in [0.2, 0.25) is 0 Å². The molecule has 0 aliphatic heterocycles. The zero-order chi connectivity index (χ0) is 15.7. The molecule has 0 radical (unpaired) electrons. The molecule has 1 atom stereocenters. The second-order valence-electron chi connectivity index (χ2n) is 4.88. The normalized spacial score (nSPS) is 12.7. The Morgan fingerprint density at radius 1 is 1.00 bits per heavy atom. The van der Waals surface area contributed by atoms with Gasteiger partial charge in [-0.05, 0) is 29.3 Å². The van der Waals surface area contributed by atoms with Gasteiger partial charge in [-0.1, -0.05) is 30.3 Å². The van der Waals surface area contributed by atoms with Gasteiger partial charge < -0.3 is 15.5 Å². The summed E-state index contributed by atoms with van der Waals surface area (Å²) < 4.78 is 40.3. The molecule has 1 heterocycles. The molecule has 3 aromatic rings. The monoisotopic (exact) mass is 342 g/mol. The van der Waals surface area contributed by atoms with E-state index in [0.29, 0.717) is 5.56 Å². The zero-order valence-corrected chi connectivity index (χ0v) is 12.6. The molecule has 0 bridgehead atoms. The highest BCUT2D eigenvalue weighted by atomic mass is 35.5. The van der Waals surface area contributed by atoms with E-state index in [1.807, 2.05) is 30.5 Å². The Labute approximate surface area is 136 Å². The van der Waals surface area contributed by atoms with Gasteiger partial charge in [-0.25, -0.2) is 0 Å². The quantitative estimate of drug-likeness (QED) is 0.734. The lowest BCUT2D eigenvalue weighted by Gasteiger charge is -2.13. The Kier molecular flexibility index (Phi) is 4.87. The molecule has 3 nitrogen and oxygen atoms in total. The van der Waals surface area contributed by atoms with Crippen molar-refractivity contribution in [3.63, 3.8) is 0 Å². The summed E-state index contributed by atoms with van der Waals surface area (Å²) in [6, 6.07) is 12.9. The maximum Gasteiger partial charge on any atom is 0.573 e. The Balaban J connectivity index is 0.00000192. The summed E-state index contributed by atoms with van der Waals surface area (Å²) >= 11 is 0. The van der Waals surface area contributed by atoms with E-state index in [1.165, 1.54) is 24.3 Å². The number of aromatic nitrogens is 1. The van der Waals surface area contributed by atoms with Gasteiger partial charge in [-0.3, -0.25) is 0 Å². The first-order valence-electron chi connectivity index (χ1n) is 6.61. The van der Waals surface area contributed by atoms with Gasteiger partial charge >= 0.3 is 6.36 Å². The summed E-state index contributed by atoms with van der Waals surface area (Å²) in [6.07, 6.45) is -2.88. The third-order valence-corrected chi connectivity index (χ3v) is 3.43. The molecular weight excluding hydrogens is 329 g/mol. The van der Waals surface area contributed by atoms with Crippen LogP contribution in [0.1, 0.15) is 17.2 Å². The SMILES string of the molecule is Cl.N[C@@H](c1ccc(OC(F)(F)F)cc1)c1c[nH]c2ccccc12. The average Bonchev–Trinajstić information content (AvgIpc) is 2.89. The van der Waals surface area contributed by atoms with E-state index in [2.05, 4.69) is 9.72 Å². The lowest BCUT2D eigenvalue weighted by atomic mass is 9.99. The number of alkyl halides is 3. The molecule has 7 heteroatoms. The number of fused-ring (bicyclic) bond motifs is 1. The van der Waals surface area contributed by atoms with Crippen LogP contribution in [-0.2, 0) is 0 Å². The largest absolute Gasteiger partial charge is 0.573 e. The number of nitrogens with two attached hydrogens (primary N) is 1. The molecule has 1 aromatic heterocycles. The zero-order valence-electron chi connectivity index (χ0n) is 11.8. The third kappa shape index (κ3) is 3.78. The first kappa shape index (κ1) is 17.2. The number of H-pyrrole nitrogens is 1. The van der Waals surface area contributed by atoms with Gasteiger partial charge in [0, 0.05) is 17.1 Å². The molecule has 0 fully saturated rings. The number of ether oxygens (including phenoxy) is 1. The van der Waals surface area contributed by atoms with Crippen molar-refractivity contribution in [2.24, 2.45) is 5.73 Å². The van der Waals surface area contributed by atoms with Crippen molar-refractivity contribution in [2.75, 3.05) is 0 Å². The van der Waals surface area contributed by atoms with Gasteiger partial charge in [0.1, 0.15) is 5.75 Å². The molecule has 0 saturated carbocycles. The van der Waals surface area contributed by atoms with Crippen molar-refractivity contribution < 1.29 is 17.9 Å². The van der Waals surface area contributed by atoms with Crippen molar-refractivity contribution in [3.05, 3.63) is 65.9 Å². The van der Waals surface area contributed by atoms with Gasteiger partial charge in [0.25, 0.3) is 0 Å². The standard InChI is InChI=1S/C16H13F3N2O.ClH/c17-16(18,19)22-11-7-5-10(6-8-11)15(20)13-9-21-14-4-2-1-3-12(13)14;/h1-9,15,21H,20H2;1H/t15-;/m0./s1. The van der Waals surface area contributed by atoms with Crippen molar-refractivity contribution in [3.8, 4) is 5.75 Å². The molecule has 0 amide bonds. The summed E-state index contributed by atoms with van der Waals surface area (Å²) in [6.45, 7) is 0. The first-order valence-corrected chi connectivity index (χ1v) is 6.61. The highest BCUT2D eigenvalue weighted by Crippen LogP contribution is 2.29. The Morgan fingerprint density at radius 3 is 2.30 bits per heavy atom. The number of aromatic amines is 1. The number of para-hydroxylation sites is 1. The summed E-state index contributed by atoms with van der Waals surface area (Å²) in [5, 5.41) is 0.991. The van der Waals surface area contributed by atoms with E-state index in [1.54, 1.807) is 0 Å². The van der Waals surface area contributed by atoms with Crippen LogP contribution in [0, 0.1) is 0 Å².